The maximum atomic E-state index is 11.3. The summed E-state index contributed by atoms with van der Waals surface area (Å²) >= 11 is 0. The molecule has 0 bridgehead atoms. The molecule has 1 rings (SSSR count). The van der Waals surface area contributed by atoms with Gasteiger partial charge in [-0.1, -0.05) is 18.2 Å². The number of hydrogen-bond acceptors (Lipinski definition) is 4. The molecule has 14 heavy (non-hydrogen) atoms. The summed E-state index contributed by atoms with van der Waals surface area (Å²) in [6, 6.07) is 6.83. The van der Waals surface area contributed by atoms with Gasteiger partial charge < -0.3 is 4.84 Å². The van der Waals surface area contributed by atoms with Crippen molar-refractivity contribution in [3.63, 3.8) is 0 Å². The van der Waals surface area contributed by atoms with Crippen LogP contribution >= 0.6 is 0 Å². The molecule has 1 aromatic rings. The van der Waals surface area contributed by atoms with Crippen molar-refractivity contribution in [2.24, 2.45) is 5.90 Å². The van der Waals surface area contributed by atoms with Crippen molar-refractivity contribution in [2.45, 2.75) is 11.3 Å². The quantitative estimate of drug-likeness (QED) is 0.743. The second-order valence-electron chi connectivity index (χ2n) is 3.00. The maximum absolute atomic E-state index is 11.3. The summed E-state index contributed by atoms with van der Waals surface area (Å²) < 4.78 is 22.7. The van der Waals surface area contributed by atoms with E-state index in [1.807, 2.05) is 0 Å². The summed E-state index contributed by atoms with van der Waals surface area (Å²) in [5, 5.41) is 0. The zero-order chi connectivity index (χ0) is 10.6. The molecule has 0 heterocycles. The summed E-state index contributed by atoms with van der Waals surface area (Å²) in [4.78, 5) is 4.76. The Morgan fingerprint density at radius 1 is 1.36 bits per heavy atom. The highest BCUT2D eigenvalue weighted by molar-refractivity contribution is 7.90. The molecule has 0 amide bonds. The van der Waals surface area contributed by atoms with E-state index in [0.717, 1.165) is 5.56 Å². The highest BCUT2D eigenvalue weighted by Gasteiger charge is 2.11. The molecule has 0 spiro atoms. The fourth-order valence-electron chi connectivity index (χ4n) is 1.24. The van der Waals surface area contributed by atoms with Crippen LogP contribution in [0.25, 0.3) is 0 Å². The van der Waals surface area contributed by atoms with E-state index in [4.69, 9.17) is 5.90 Å². The molecular formula is C9H13NO3S. The topological polar surface area (TPSA) is 69.4 Å². The van der Waals surface area contributed by atoms with Gasteiger partial charge in [0.2, 0.25) is 0 Å². The fourth-order valence-corrected chi connectivity index (χ4v) is 2.21. The van der Waals surface area contributed by atoms with E-state index in [1.165, 1.54) is 6.26 Å². The Morgan fingerprint density at radius 3 is 2.57 bits per heavy atom. The van der Waals surface area contributed by atoms with Crippen LogP contribution < -0.4 is 5.90 Å². The van der Waals surface area contributed by atoms with Crippen LogP contribution in [0.3, 0.4) is 0 Å². The predicted molar refractivity (Wildman–Crippen MR) is 53.4 cm³/mol. The molecule has 1 aromatic carbocycles. The van der Waals surface area contributed by atoms with Gasteiger partial charge in [-0.05, 0) is 18.1 Å². The van der Waals surface area contributed by atoms with Crippen LogP contribution in [0.2, 0.25) is 0 Å². The average molecular weight is 215 g/mol. The Bertz CT molecular complexity index is 400. The number of sulfone groups is 1. The van der Waals surface area contributed by atoms with E-state index in [1.54, 1.807) is 24.3 Å². The first-order valence-electron chi connectivity index (χ1n) is 4.15. The van der Waals surface area contributed by atoms with E-state index < -0.39 is 9.84 Å². The molecule has 0 fully saturated rings. The third kappa shape index (κ3) is 2.80. The predicted octanol–water partition coefficient (Wildman–Crippen LogP) is 0.523. The zero-order valence-corrected chi connectivity index (χ0v) is 8.75. The third-order valence-corrected chi connectivity index (χ3v) is 3.06. The number of nitrogens with two attached hydrogens (primary N) is 1. The number of benzene rings is 1. The second kappa shape index (κ2) is 4.54. The Hall–Kier alpha value is -0.910. The monoisotopic (exact) mass is 215 g/mol. The lowest BCUT2D eigenvalue weighted by molar-refractivity contribution is 0.141. The normalized spacial score (nSPS) is 11.6. The van der Waals surface area contributed by atoms with Crippen LogP contribution in [0.4, 0.5) is 0 Å². The molecule has 0 unspecified atom stereocenters. The van der Waals surface area contributed by atoms with E-state index in [9.17, 15) is 8.42 Å². The van der Waals surface area contributed by atoms with Crippen LogP contribution in [0.15, 0.2) is 29.2 Å². The van der Waals surface area contributed by atoms with Gasteiger partial charge in [-0.2, -0.15) is 0 Å². The molecule has 0 radical (unpaired) electrons. The van der Waals surface area contributed by atoms with Crippen molar-refractivity contribution in [1.29, 1.82) is 0 Å². The minimum Gasteiger partial charge on any atom is -0.304 e. The van der Waals surface area contributed by atoms with E-state index in [2.05, 4.69) is 4.84 Å². The van der Waals surface area contributed by atoms with Crippen LogP contribution in [0, 0.1) is 0 Å². The third-order valence-electron chi connectivity index (χ3n) is 1.86. The van der Waals surface area contributed by atoms with Crippen molar-refractivity contribution < 1.29 is 13.3 Å². The molecule has 0 aliphatic carbocycles. The minimum absolute atomic E-state index is 0.312. The van der Waals surface area contributed by atoms with Gasteiger partial charge >= 0.3 is 0 Å². The van der Waals surface area contributed by atoms with Gasteiger partial charge in [0.05, 0.1) is 11.5 Å². The van der Waals surface area contributed by atoms with Gasteiger partial charge in [-0.15, -0.1) is 0 Å². The van der Waals surface area contributed by atoms with Crippen LogP contribution in [0.1, 0.15) is 5.56 Å². The molecule has 78 valence electrons. The van der Waals surface area contributed by atoms with Crippen molar-refractivity contribution in [2.75, 3.05) is 12.9 Å². The van der Waals surface area contributed by atoms with Gasteiger partial charge in [0, 0.05) is 6.26 Å². The standard InChI is InChI=1S/C9H13NO3S/c1-14(11,12)9-5-3-2-4-8(9)6-7-13-10/h2-5H,6-7,10H2,1H3. The van der Waals surface area contributed by atoms with E-state index in [0.29, 0.717) is 17.9 Å². The average Bonchev–Trinajstić information content (AvgIpc) is 2.14. The molecule has 0 saturated heterocycles. The Labute approximate surface area is 83.6 Å². The van der Waals surface area contributed by atoms with Gasteiger partial charge in [-0.25, -0.2) is 14.3 Å². The Kier molecular flexibility index (Phi) is 3.62. The lowest BCUT2D eigenvalue weighted by atomic mass is 10.2. The molecule has 0 aliphatic heterocycles. The highest BCUT2D eigenvalue weighted by atomic mass is 32.2. The SMILES string of the molecule is CS(=O)(=O)c1ccccc1CCON. The van der Waals surface area contributed by atoms with E-state index in [-0.39, 0.29) is 0 Å². The van der Waals surface area contributed by atoms with Crippen molar-refractivity contribution in [3.05, 3.63) is 29.8 Å². The molecule has 0 atom stereocenters. The highest BCUT2D eigenvalue weighted by Crippen LogP contribution is 2.15. The Morgan fingerprint density at radius 2 is 2.00 bits per heavy atom. The van der Waals surface area contributed by atoms with Gasteiger partial charge in [0.1, 0.15) is 0 Å². The van der Waals surface area contributed by atoms with Crippen LogP contribution in [-0.2, 0) is 21.1 Å². The van der Waals surface area contributed by atoms with Crippen molar-refractivity contribution >= 4 is 9.84 Å². The van der Waals surface area contributed by atoms with Crippen LogP contribution in [-0.4, -0.2) is 21.3 Å². The number of hydrogen-bond donors (Lipinski definition) is 1. The summed E-state index contributed by atoms with van der Waals surface area (Å²) in [7, 11) is -3.16. The number of rotatable bonds is 4. The van der Waals surface area contributed by atoms with E-state index >= 15 is 0 Å². The molecular weight excluding hydrogens is 202 g/mol. The first-order chi connectivity index (χ1) is 6.55. The zero-order valence-electron chi connectivity index (χ0n) is 7.93. The lowest BCUT2D eigenvalue weighted by Crippen LogP contribution is -2.08. The first-order valence-corrected chi connectivity index (χ1v) is 6.04. The summed E-state index contributed by atoms with van der Waals surface area (Å²) in [6.07, 6.45) is 1.69. The lowest BCUT2D eigenvalue weighted by Gasteiger charge is -2.06. The smallest absolute Gasteiger partial charge is 0.175 e. The van der Waals surface area contributed by atoms with Gasteiger partial charge in [0.15, 0.2) is 9.84 Å². The summed E-state index contributed by atoms with van der Waals surface area (Å²) in [6.45, 7) is 0.312. The summed E-state index contributed by atoms with van der Waals surface area (Å²) in [5.74, 6) is 4.89. The first kappa shape index (κ1) is 11.2. The molecule has 5 heteroatoms. The second-order valence-corrected chi connectivity index (χ2v) is 4.98. The molecule has 2 N–H and O–H groups in total. The Balaban J connectivity index is 3.04. The molecule has 0 aromatic heterocycles. The van der Waals surface area contributed by atoms with Gasteiger partial charge in [0.25, 0.3) is 0 Å². The fraction of sp³-hybridized carbons (Fsp3) is 0.333. The van der Waals surface area contributed by atoms with Gasteiger partial charge in [-0.3, -0.25) is 0 Å². The molecule has 0 saturated carbocycles. The van der Waals surface area contributed by atoms with Crippen molar-refractivity contribution in [1.82, 2.24) is 0 Å². The molecule has 0 aliphatic rings. The van der Waals surface area contributed by atoms with Crippen molar-refractivity contribution in [3.8, 4) is 0 Å². The maximum Gasteiger partial charge on any atom is 0.175 e. The molecule has 4 nitrogen and oxygen atoms in total. The van der Waals surface area contributed by atoms with Crippen LogP contribution in [0.5, 0.6) is 0 Å². The summed E-state index contributed by atoms with van der Waals surface area (Å²) in [5.41, 5.74) is 0.737. The minimum atomic E-state index is -3.16. The largest absolute Gasteiger partial charge is 0.304 e.